The molecule has 0 bridgehead atoms. The number of hydrogen-bond donors (Lipinski definition) is 2. The van der Waals surface area contributed by atoms with Crippen LogP contribution in [0.15, 0.2) is 35.5 Å². The van der Waals surface area contributed by atoms with Crippen LogP contribution in [0.25, 0.3) is 0 Å². The molecule has 1 aliphatic heterocycles. The number of halogens is 1. The van der Waals surface area contributed by atoms with E-state index in [0.717, 1.165) is 55.3 Å². The number of aryl methyl sites for hydroxylation is 1. The molecule has 1 aromatic heterocycles. The summed E-state index contributed by atoms with van der Waals surface area (Å²) >= 11 is 7.82. The van der Waals surface area contributed by atoms with Crippen molar-refractivity contribution in [2.75, 3.05) is 39.9 Å². The first-order valence-electron chi connectivity index (χ1n) is 9.65. The molecule has 2 heterocycles. The predicted octanol–water partition coefficient (Wildman–Crippen LogP) is 3.10. The van der Waals surface area contributed by atoms with Crippen LogP contribution in [0.1, 0.15) is 28.4 Å². The van der Waals surface area contributed by atoms with Gasteiger partial charge in [-0.15, -0.1) is 11.3 Å². The molecule has 0 radical (unpaired) electrons. The van der Waals surface area contributed by atoms with Crippen molar-refractivity contribution >= 4 is 28.9 Å². The minimum absolute atomic E-state index is 0.228. The number of nitrogens with zero attached hydrogens (tertiary/aromatic N) is 3. The van der Waals surface area contributed by atoms with Crippen molar-refractivity contribution in [3.8, 4) is 0 Å². The molecule has 3 rings (SSSR count). The fourth-order valence-corrected chi connectivity index (χ4v) is 4.13. The zero-order valence-corrected chi connectivity index (χ0v) is 18.0. The third-order valence-electron chi connectivity index (χ3n) is 4.78. The van der Waals surface area contributed by atoms with Gasteiger partial charge in [-0.3, -0.25) is 9.89 Å². The highest BCUT2D eigenvalue weighted by atomic mass is 35.5. The van der Waals surface area contributed by atoms with Gasteiger partial charge in [0.15, 0.2) is 5.96 Å². The largest absolute Gasteiger partial charge is 0.379 e. The average molecular weight is 422 g/mol. The molecular formula is C20H28ClN5OS. The molecule has 152 valence electrons. The summed E-state index contributed by atoms with van der Waals surface area (Å²) in [6.07, 6.45) is 2.97. The molecule has 2 N–H and O–H groups in total. The van der Waals surface area contributed by atoms with E-state index in [1.807, 2.05) is 18.3 Å². The zero-order valence-electron chi connectivity index (χ0n) is 16.4. The maximum atomic E-state index is 6.08. The van der Waals surface area contributed by atoms with Crippen LogP contribution in [-0.4, -0.2) is 55.7 Å². The second-order valence-electron chi connectivity index (χ2n) is 6.60. The lowest BCUT2D eigenvalue weighted by Crippen LogP contribution is -2.46. The quantitative estimate of drug-likeness (QED) is 0.531. The second-order valence-corrected chi connectivity index (χ2v) is 8.23. The molecule has 0 saturated carbocycles. The first-order valence-corrected chi connectivity index (χ1v) is 10.8. The fraction of sp³-hybridized carbons (Fsp3) is 0.500. The number of aromatic nitrogens is 1. The van der Waals surface area contributed by atoms with Crippen molar-refractivity contribution in [2.45, 2.75) is 25.9 Å². The van der Waals surface area contributed by atoms with Crippen LogP contribution in [-0.2, 0) is 17.7 Å². The molecule has 6 nitrogen and oxygen atoms in total. The number of ether oxygens (including phenoxy) is 1. The maximum absolute atomic E-state index is 6.08. The van der Waals surface area contributed by atoms with Crippen molar-refractivity contribution in [2.24, 2.45) is 4.99 Å². The summed E-state index contributed by atoms with van der Waals surface area (Å²) < 4.78 is 5.53. The molecule has 28 heavy (non-hydrogen) atoms. The molecule has 1 aliphatic rings. The van der Waals surface area contributed by atoms with Gasteiger partial charge >= 0.3 is 0 Å². The van der Waals surface area contributed by atoms with Crippen molar-refractivity contribution in [3.05, 3.63) is 50.9 Å². The van der Waals surface area contributed by atoms with E-state index in [1.54, 1.807) is 18.4 Å². The van der Waals surface area contributed by atoms with Gasteiger partial charge in [0, 0.05) is 42.8 Å². The third kappa shape index (κ3) is 5.91. The summed E-state index contributed by atoms with van der Waals surface area (Å²) in [5, 5.41) is 8.66. The van der Waals surface area contributed by atoms with Crippen LogP contribution in [0, 0.1) is 0 Å². The standard InChI is InChI=1S/C20H28ClN5OS/c1-3-17-12-23-19(28-17)14-25-20(22-2)24-13-18(26-8-10-27-11-9-26)15-4-6-16(21)7-5-15/h4-7,12,18H,3,8-11,13-14H2,1-2H3,(H2,22,24,25). The highest BCUT2D eigenvalue weighted by Gasteiger charge is 2.23. The Morgan fingerprint density at radius 2 is 2.04 bits per heavy atom. The van der Waals surface area contributed by atoms with Gasteiger partial charge < -0.3 is 15.4 Å². The Hall–Kier alpha value is -1.67. The lowest BCUT2D eigenvalue weighted by Gasteiger charge is -2.35. The number of guanidine groups is 1. The van der Waals surface area contributed by atoms with Crippen LogP contribution >= 0.6 is 22.9 Å². The SMILES string of the molecule is CCc1cnc(CNC(=NC)NCC(c2ccc(Cl)cc2)N2CCOCC2)s1. The molecule has 0 aliphatic carbocycles. The third-order valence-corrected chi connectivity index (χ3v) is 6.18. The van der Waals surface area contributed by atoms with E-state index in [-0.39, 0.29) is 6.04 Å². The number of hydrogen-bond acceptors (Lipinski definition) is 5. The first-order chi connectivity index (χ1) is 13.7. The van der Waals surface area contributed by atoms with Gasteiger partial charge in [0.25, 0.3) is 0 Å². The van der Waals surface area contributed by atoms with Crippen LogP contribution < -0.4 is 10.6 Å². The van der Waals surface area contributed by atoms with E-state index >= 15 is 0 Å². The van der Waals surface area contributed by atoms with E-state index in [0.29, 0.717) is 6.54 Å². The van der Waals surface area contributed by atoms with Gasteiger partial charge in [0.2, 0.25) is 0 Å². The molecule has 0 spiro atoms. The highest BCUT2D eigenvalue weighted by molar-refractivity contribution is 7.11. The minimum Gasteiger partial charge on any atom is -0.379 e. The van der Waals surface area contributed by atoms with Crippen molar-refractivity contribution in [1.29, 1.82) is 0 Å². The van der Waals surface area contributed by atoms with Crippen molar-refractivity contribution in [1.82, 2.24) is 20.5 Å². The van der Waals surface area contributed by atoms with Crippen LogP contribution in [0.4, 0.5) is 0 Å². The fourth-order valence-electron chi connectivity index (χ4n) is 3.20. The number of rotatable bonds is 7. The Morgan fingerprint density at radius 1 is 1.29 bits per heavy atom. The number of thiazole rings is 1. The zero-order chi connectivity index (χ0) is 19.8. The van der Waals surface area contributed by atoms with E-state index in [9.17, 15) is 0 Å². The number of aliphatic imine (C=N–C) groups is 1. The van der Waals surface area contributed by atoms with Gasteiger partial charge in [-0.05, 0) is 24.1 Å². The van der Waals surface area contributed by atoms with Crippen LogP contribution in [0.5, 0.6) is 0 Å². The molecule has 0 amide bonds. The monoisotopic (exact) mass is 421 g/mol. The van der Waals surface area contributed by atoms with Crippen molar-refractivity contribution < 1.29 is 4.74 Å². The van der Waals surface area contributed by atoms with Crippen LogP contribution in [0.3, 0.4) is 0 Å². The molecule has 1 unspecified atom stereocenters. The minimum atomic E-state index is 0.228. The lowest BCUT2D eigenvalue weighted by molar-refractivity contribution is 0.0170. The van der Waals surface area contributed by atoms with Gasteiger partial charge in [0.05, 0.1) is 25.8 Å². The summed E-state index contributed by atoms with van der Waals surface area (Å²) in [6.45, 7) is 6.93. The van der Waals surface area contributed by atoms with E-state index < -0.39 is 0 Å². The van der Waals surface area contributed by atoms with Crippen molar-refractivity contribution in [3.63, 3.8) is 0 Å². The lowest BCUT2D eigenvalue weighted by atomic mass is 10.0. The second kappa shape index (κ2) is 10.8. The molecule has 1 saturated heterocycles. The number of morpholine rings is 1. The molecule has 1 fully saturated rings. The molecular weight excluding hydrogens is 394 g/mol. The van der Waals surface area contributed by atoms with Gasteiger partial charge in [-0.25, -0.2) is 4.98 Å². The predicted molar refractivity (Wildman–Crippen MR) is 116 cm³/mol. The van der Waals surface area contributed by atoms with Gasteiger partial charge in [-0.2, -0.15) is 0 Å². The van der Waals surface area contributed by atoms with E-state index in [1.165, 1.54) is 10.4 Å². The average Bonchev–Trinajstić information content (AvgIpc) is 3.20. The Bertz CT molecular complexity index is 758. The summed E-state index contributed by atoms with van der Waals surface area (Å²) in [6, 6.07) is 8.33. The van der Waals surface area contributed by atoms with E-state index in [4.69, 9.17) is 16.3 Å². The molecule has 2 aromatic rings. The van der Waals surface area contributed by atoms with Gasteiger partial charge in [-0.1, -0.05) is 30.7 Å². The smallest absolute Gasteiger partial charge is 0.191 e. The molecule has 1 aromatic carbocycles. The summed E-state index contributed by atoms with van der Waals surface area (Å²) in [7, 11) is 1.79. The Balaban J connectivity index is 1.61. The van der Waals surface area contributed by atoms with Gasteiger partial charge in [0.1, 0.15) is 5.01 Å². The Labute approximate surface area is 176 Å². The summed E-state index contributed by atoms with van der Waals surface area (Å²) in [5.41, 5.74) is 1.24. The molecule has 8 heteroatoms. The van der Waals surface area contributed by atoms with E-state index in [2.05, 4.69) is 44.6 Å². The maximum Gasteiger partial charge on any atom is 0.191 e. The summed E-state index contributed by atoms with van der Waals surface area (Å²) in [4.78, 5) is 12.6. The Morgan fingerprint density at radius 3 is 2.68 bits per heavy atom. The topological polar surface area (TPSA) is 61.8 Å². The normalized spacial score (nSPS) is 16.8. The first kappa shape index (κ1) is 21.0. The van der Waals surface area contributed by atoms with Crippen LogP contribution in [0.2, 0.25) is 5.02 Å². The molecule has 1 atom stereocenters. The Kier molecular flexibility index (Phi) is 8.09. The number of nitrogens with one attached hydrogen (secondary N) is 2. The number of benzene rings is 1. The highest BCUT2D eigenvalue weighted by Crippen LogP contribution is 2.23. The summed E-state index contributed by atoms with van der Waals surface area (Å²) in [5.74, 6) is 0.778.